The smallest absolute Gasteiger partial charge is 0.215 e. The third kappa shape index (κ3) is 1.33. The maximum Gasteiger partial charge on any atom is 0.215 e. The van der Waals surface area contributed by atoms with Crippen molar-refractivity contribution in [3.05, 3.63) is 10.9 Å². The summed E-state index contributed by atoms with van der Waals surface area (Å²) in [7, 11) is 0. The van der Waals surface area contributed by atoms with Crippen molar-refractivity contribution in [2.45, 2.75) is 6.92 Å². The van der Waals surface area contributed by atoms with Crippen LogP contribution < -0.4 is 4.90 Å². The highest BCUT2D eigenvalue weighted by atomic mass is 32.1. The molecule has 1 amide bonds. The van der Waals surface area contributed by atoms with Crippen LogP contribution in [0.2, 0.25) is 0 Å². The van der Waals surface area contributed by atoms with Crippen LogP contribution in [0.3, 0.4) is 0 Å². The number of amides is 1. The molecule has 1 aromatic heterocycles. The lowest BCUT2D eigenvalue weighted by molar-refractivity contribution is -0.107. The van der Waals surface area contributed by atoms with Crippen molar-refractivity contribution >= 4 is 23.6 Å². The van der Waals surface area contributed by atoms with Gasteiger partial charge in [-0.3, -0.25) is 9.69 Å². The summed E-state index contributed by atoms with van der Waals surface area (Å²) in [4.78, 5) is 15.8. The minimum absolute atomic E-state index is 0.674. The molecular formula is C6H8N2OS. The van der Waals surface area contributed by atoms with Gasteiger partial charge in [-0.25, -0.2) is 4.98 Å². The number of anilines is 1. The predicted molar refractivity (Wildman–Crippen MR) is 41.2 cm³/mol. The van der Waals surface area contributed by atoms with Gasteiger partial charge in [0.2, 0.25) is 6.41 Å². The lowest BCUT2D eigenvalue weighted by Crippen LogP contribution is -2.20. The predicted octanol–water partition coefficient (Wildman–Crippen LogP) is 1.13. The maximum atomic E-state index is 10.3. The van der Waals surface area contributed by atoms with E-state index in [1.165, 1.54) is 11.3 Å². The van der Waals surface area contributed by atoms with Crippen molar-refractivity contribution < 1.29 is 4.79 Å². The molecule has 0 aromatic carbocycles. The zero-order valence-electron chi connectivity index (χ0n) is 5.65. The van der Waals surface area contributed by atoms with Gasteiger partial charge in [0.1, 0.15) is 5.82 Å². The Bertz CT molecular complexity index is 198. The molecule has 54 valence electrons. The van der Waals surface area contributed by atoms with E-state index in [0.29, 0.717) is 6.54 Å². The Balaban J connectivity index is 2.73. The molecule has 0 unspecified atom stereocenters. The zero-order valence-corrected chi connectivity index (χ0v) is 6.47. The van der Waals surface area contributed by atoms with E-state index in [1.807, 2.05) is 12.3 Å². The maximum absolute atomic E-state index is 10.3. The van der Waals surface area contributed by atoms with Gasteiger partial charge in [0.05, 0.1) is 5.51 Å². The van der Waals surface area contributed by atoms with Gasteiger partial charge in [-0.05, 0) is 6.92 Å². The van der Waals surface area contributed by atoms with Gasteiger partial charge >= 0.3 is 0 Å². The second-order valence-electron chi connectivity index (χ2n) is 1.74. The Labute approximate surface area is 63.3 Å². The second kappa shape index (κ2) is 3.31. The molecule has 0 fully saturated rings. The van der Waals surface area contributed by atoms with Crippen molar-refractivity contribution in [2.75, 3.05) is 11.4 Å². The molecule has 1 heterocycles. The SMILES string of the molecule is CCN(C=O)c1cscn1. The normalized spacial score (nSPS) is 9.30. The van der Waals surface area contributed by atoms with E-state index in [9.17, 15) is 4.79 Å². The molecule has 0 radical (unpaired) electrons. The number of nitrogens with zero attached hydrogens (tertiary/aromatic N) is 2. The summed E-state index contributed by atoms with van der Waals surface area (Å²) in [5, 5.41) is 1.85. The van der Waals surface area contributed by atoms with Crippen LogP contribution in [0.15, 0.2) is 10.9 Å². The number of hydrogen-bond acceptors (Lipinski definition) is 3. The molecule has 1 rings (SSSR count). The van der Waals surface area contributed by atoms with E-state index in [1.54, 1.807) is 10.4 Å². The molecule has 10 heavy (non-hydrogen) atoms. The summed E-state index contributed by atoms with van der Waals surface area (Å²) in [6.45, 7) is 2.58. The third-order valence-corrected chi connectivity index (χ3v) is 1.76. The van der Waals surface area contributed by atoms with Crippen LogP contribution in [0, 0.1) is 0 Å². The average molecular weight is 156 g/mol. The van der Waals surface area contributed by atoms with E-state index < -0.39 is 0 Å². The van der Waals surface area contributed by atoms with E-state index >= 15 is 0 Å². The van der Waals surface area contributed by atoms with Crippen LogP contribution in [0.25, 0.3) is 0 Å². The molecule has 0 aliphatic rings. The Hall–Kier alpha value is -0.900. The fourth-order valence-corrected chi connectivity index (χ4v) is 1.19. The summed E-state index contributed by atoms with van der Waals surface area (Å²) in [5.41, 5.74) is 1.71. The van der Waals surface area contributed by atoms with Gasteiger partial charge in [0.25, 0.3) is 0 Å². The van der Waals surface area contributed by atoms with Crippen molar-refractivity contribution in [3.63, 3.8) is 0 Å². The van der Waals surface area contributed by atoms with Gasteiger partial charge < -0.3 is 0 Å². The Morgan fingerprint density at radius 3 is 3.10 bits per heavy atom. The molecule has 3 nitrogen and oxygen atoms in total. The molecule has 0 aliphatic heterocycles. The highest BCUT2D eigenvalue weighted by Crippen LogP contribution is 2.10. The monoisotopic (exact) mass is 156 g/mol. The number of carbonyl (C=O) groups excluding carboxylic acids is 1. The first kappa shape index (κ1) is 7.21. The van der Waals surface area contributed by atoms with Gasteiger partial charge in [0.15, 0.2) is 0 Å². The minimum atomic E-state index is 0.674. The van der Waals surface area contributed by atoms with E-state index in [2.05, 4.69) is 4.98 Å². The van der Waals surface area contributed by atoms with Crippen molar-refractivity contribution in [1.82, 2.24) is 4.98 Å². The fraction of sp³-hybridized carbons (Fsp3) is 0.333. The average Bonchev–Trinajstić information content (AvgIpc) is 2.43. The number of carbonyl (C=O) groups is 1. The summed E-state index contributed by atoms with van der Waals surface area (Å²) in [6, 6.07) is 0. The first-order valence-corrected chi connectivity index (χ1v) is 3.93. The zero-order chi connectivity index (χ0) is 7.40. The highest BCUT2D eigenvalue weighted by Gasteiger charge is 2.01. The molecule has 0 N–H and O–H groups in total. The van der Waals surface area contributed by atoms with Crippen LogP contribution in [0.4, 0.5) is 5.82 Å². The summed E-state index contributed by atoms with van der Waals surface area (Å²) in [5.74, 6) is 0.738. The van der Waals surface area contributed by atoms with Gasteiger partial charge in [0, 0.05) is 11.9 Å². The summed E-state index contributed by atoms with van der Waals surface area (Å²) >= 11 is 1.49. The first-order chi connectivity index (χ1) is 4.88. The van der Waals surface area contributed by atoms with Gasteiger partial charge in [-0.1, -0.05) is 0 Å². The first-order valence-electron chi connectivity index (χ1n) is 2.98. The molecule has 0 spiro atoms. The quantitative estimate of drug-likeness (QED) is 0.614. The second-order valence-corrected chi connectivity index (χ2v) is 2.46. The Morgan fingerprint density at radius 1 is 1.90 bits per heavy atom. The summed E-state index contributed by atoms with van der Waals surface area (Å²) in [6.07, 6.45) is 0.787. The molecule has 0 saturated carbocycles. The van der Waals surface area contributed by atoms with Crippen molar-refractivity contribution in [3.8, 4) is 0 Å². The largest absolute Gasteiger partial charge is 0.299 e. The minimum Gasteiger partial charge on any atom is -0.299 e. The Morgan fingerprint density at radius 2 is 2.70 bits per heavy atom. The fourth-order valence-electron chi connectivity index (χ4n) is 0.639. The molecule has 0 aliphatic carbocycles. The van der Waals surface area contributed by atoms with Crippen molar-refractivity contribution in [1.29, 1.82) is 0 Å². The number of aromatic nitrogens is 1. The molecule has 0 bridgehead atoms. The van der Waals surface area contributed by atoms with Crippen LogP contribution in [-0.2, 0) is 4.79 Å². The lowest BCUT2D eigenvalue weighted by Gasteiger charge is -2.09. The summed E-state index contributed by atoms with van der Waals surface area (Å²) < 4.78 is 0. The number of rotatable bonds is 3. The number of thiazole rings is 1. The van der Waals surface area contributed by atoms with Gasteiger partial charge in [-0.15, -0.1) is 11.3 Å². The molecular weight excluding hydrogens is 148 g/mol. The molecule has 4 heteroatoms. The third-order valence-electron chi connectivity index (χ3n) is 1.18. The van der Waals surface area contributed by atoms with E-state index in [-0.39, 0.29) is 0 Å². The van der Waals surface area contributed by atoms with E-state index in [0.717, 1.165) is 12.2 Å². The van der Waals surface area contributed by atoms with Crippen LogP contribution in [-0.4, -0.2) is 17.9 Å². The van der Waals surface area contributed by atoms with Crippen molar-refractivity contribution in [2.24, 2.45) is 0 Å². The van der Waals surface area contributed by atoms with E-state index in [4.69, 9.17) is 0 Å². The molecule has 1 aromatic rings. The van der Waals surface area contributed by atoms with Crippen LogP contribution >= 0.6 is 11.3 Å². The van der Waals surface area contributed by atoms with Crippen LogP contribution in [0.1, 0.15) is 6.92 Å². The molecule has 0 saturated heterocycles. The Kier molecular flexibility index (Phi) is 2.39. The topological polar surface area (TPSA) is 33.2 Å². The van der Waals surface area contributed by atoms with Gasteiger partial charge in [-0.2, -0.15) is 0 Å². The van der Waals surface area contributed by atoms with Crippen LogP contribution in [0.5, 0.6) is 0 Å². The lowest BCUT2D eigenvalue weighted by atomic mass is 10.6. The number of hydrogen-bond donors (Lipinski definition) is 0. The standard InChI is InChI=1S/C6H8N2OS/c1-2-8(5-9)6-3-10-4-7-6/h3-5H,2H2,1H3. The highest BCUT2D eigenvalue weighted by molar-refractivity contribution is 7.07. The molecule has 0 atom stereocenters.